The Labute approximate surface area is 218 Å². The first-order valence-electron chi connectivity index (χ1n) is 12.0. The predicted octanol–water partition coefficient (Wildman–Crippen LogP) is 3.75. The molecule has 2 aromatic heterocycles. The number of aryl methyl sites for hydroxylation is 1. The van der Waals surface area contributed by atoms with E-state index in [4.69, 9.17) is 14.2 Å². The zero-order valence-corrected chi connectivity index (χ0v) is 22.6. The molecule has 0 bridgehead atoms. The Hall–Kier alpha value is -3.44. The van der Waals surface area contributed by atoms with Crippen molar-refractivity contribution >= 4 is 33.5 Å². The molecule has 0 amide bonds. The first kappa shape index (κ1) is 28.1. The molecule has 1 N–H and O–H groups in total. The maximum Gasteiger partial charge on any atom is 0.348 e. The van der Waals surface area contributed by atoms with Crippen LogP contribution in [0, 0.1) is 6.92 Å². The zero-order chi connectivity index (χ0) is 27.4. The number of thiophene rings is 1. The quantitative estimate of drug-likeness (QED) is 0.370. The van der Waals surface area contributed by atoms with Gasteiger partial charge < -0.3 is 19.3 Å². The van der Waals surface area contributed by atoms with Crippen molar-refractivity contribution in [1.82, 2.24) is 9.13 Å². The maximum absolute atomic E-state index is 13.5. The van der Waals surface area contributed by atoms with Gasteiger partial charge in [-0.05, 0) is 53.2 Å². The van der Waals surface area contributed by atoms with Crippen LogP contribution in [0.2, 0.25) is 0 Å². The van der Waals surface area contributed by atoms with Gasteiger partial charge in [0.15, 0.2) is 0 Å². The Morgan fingerprint density at radius 2 is 1.73 bits per heavy atom. The molecule has 0 aliphatic carbocycles. The summed E-state index contributed by atoms with van der Waals surface area (Å²) in [5.41, 5.74) is -0.551. The fraction of sp³-hybridized carbons (Fsp3) is 0.462. The van der Waals surface area contributed by atoms with E-state index >= 15 is 0 Å². The predicted molar refractivity (Wildman–Crippen MR) is 140 cm³/mol. The number of esters is 1. The van der Waals surface area contributed by atoms with Gasteiger partial charge in [-0.1, -0.05) is 18.2 Å². The Kier molecular flexibility index (Phi) is 8.93. The highest BCUT2D eigenvalue weighted by Gasteiger charge is 2.27. The van der Waals surface area contributed by atoms with Crippen LogP contribution in [0.5, 0.6) is 5.75 Å². The third kappa shape index (κ3) is 6.11. The highest BCUT2D eigenvalue weighted by molar-refractivity contribution is 7.20. The number of hydrogen-bond donors (Lipinski definition) is 1. The lowest BCUT2D eigenvalue weighted by Gasteiger charge is -2.25. The molecule has 0 radical (unpaired) electrons. The normalized spacial score (nSPS) is 12.3. The molecular weight excluding hydrogens is 500 g/mol. The van der Waals surface area contributed by atoms with Crippen LogP contribution in [0.4, 0.5) is 0 Å². The topological polar surface area (TPSA) is 126 Å². The van der Waals surface area contributed by atoms with Crippen LogP contribution >= 0.6 is 11.3 Å². The molecule has 3 rings (SSSR count). The highest BCUT2D eigenvalue weighted by atomic mass is 32.1. The van der Waals surface area contributed by atoms with Crippen LogP contribution in [0.1, 0.15) is 61.5 Å². The first-order chi connectivity index (χ1) is 17.5. The highest BCUT2D eigenvalue weighted by Crippen LogP contribution is 2.33. The number of aliphatic carboxylic acids is 1. The summed E-state index contributed by atoms with van der Waals surface area (Å²) in [5.74, 6) is -1.37. The lowest BCUT2D eigenvalue weighted by Crippen LogP contribution is -2.42. The van der Waals surface area contributed by atoms with Crippen molar-refractivity contribution in [3.8, 4) is 5.75 Å². The Balaban J connectivity index is 2.30. The Bertz CT molecular complexity index is 1420. The SMILES string of the molecule is CCOC(=O)c1sc2c(c1C)c(=O)n(CC(=O)O)c(=O)n2C[C@H](OC(C)C)c1ccccc1OC(C)C. The number of ether oxygens (including phenoxy) is 3. The second-order valence-electron chi connectivity index (χ2n) is 9.01. The molecule has 0 saturated carbocycles. The number of benzene rings is 1. The lowest BCUT2D eigenvalue weighted by atomic mass is 10.1. The van der Waals surface area contributed by atoms with Crippen LogP contribution in [-0.4, -0.2) is 45.0 Å². The van der Waals surface area contributed by atoms with Crippen LogP contribution in [0.15, 0.2) is 33.9 Å². The molecule has 200 valence electrons. The maximum atomic E-state index is 13.5. The van der Waals surface area contributed by atoms with E-state index < -0.39 is 35.8 Å². The first-order valence-corrected chi connectivity index (χ1v) is 12.8. The largest absolute Gasteiger partial charge is 0.491 e. The van der Waals surface area contributed by atoms with E-state index in [-0.39, 0.29) is 40.5 Å². The van der Waals surface area contributed by atoms with Gasteiger partial charge >= 0.3 is 17.6 Å². The van der Waals surface area contributed by atoms with E-state index in [1.807, 2.05) is 52.0 Å². The molecule has 3 aromatic rings. The average Bonchev–Trinajstić information content (AvgIpc) is 3.15. The van der Waals surface area contributed by atoms with Crippen molar-refractivity contribution in [3.63, 3.8) is 0 Å². The van der Waals surface area contributed by atoms with Crippen molar-refractivity contribution in [2.45, 2.75) is 72.9 Å². The number of para-hydroxylation sites is 1. The summed E-state index contributed by atoms with van der Waals surface area (Å²) in [6.07, 6.45) is -1.02. The van der Waals surface area contributed by atoms with Gasteiger partial charge in [0.2, 0.25) is 0 Å². The van der Waals surface area contributed by atoms with E-state index in [0.717, 1.165) is 11.3 Å². The number of hydrogen-bond acceptors (Lipinski definition) is 8. The van der Waals surface area contributed by atoms with Gasteiger partial charge in [-0.25, -0.2) is 14.2 Å². The second kappa shape index (κ2) is 11.7. The summed E-state index contributed by atoms with van der Waals surface area (Å²) in [7, 11) is 0. The number of carboxylic acid groups (broad SMARTS) is 1. The third-order valence-corrected chi connectivity index (χ3v) is 6.76. The van der Waals surface area contributed by atoms with Gasteiger partial charge in [0.25, 0.3) is 5.56 Å². The van der Waals surface area contributed by atoms with E-state index in [9.17, 15) is 24.3 Å². The Morgan fingerprint density at radius 1 is 1.05 bits per heavy atom. The van der Waals surface area contributed by atoms with Crippen LogP contribution in [0.3, 0.4) is 0 Å². The molecule has 0 aliphatic rings. The van der Waals surface area contributed by atoms with Crippen LogP contribution < -0.4 is 16.0 Å². The fourth-order valence-corrected chi connectivity index (χ4v) is 5.23. The summed E-state index contributed by atoms with van der Waals surface area (Å²) in [4.78, 5) is 51.3. The number of rotatable bonds is 11. The number of aromatic nitrogens is 2. The summed E-state index contributed by atoms with van der Waals surface area (Å²) >= 11 is 0.966. The molecule has 0 aliphatic heterocycles. The van der Waals surface area contributed by atoms with Crippen molar-refractivity contribution in [2.24, 2.45) is 0 Å². The number of nitrogens with zero attached hydrogens (tertiary/aromatic N) is 2. The average molecular weight is 533 g/mol. The molecular formula is C26H32N2O8S. The Morgan fingerprint density at radius 3 is 2.32 bits per heavy atom. The van der Waals surface area contributed by atoms with Gasteiger partial charge in [0, 0.05) is 5.56 Å². The van der Waals surface area contributed by atoms with Gasteiger partial charge in [0.1, 0.15) is 28.1 Å². The summed E-state index contributed by atoms with van der Waals surface area (Å²) < 4.78 is 19.3. The van der Waals surface area contributed by atoms with Gasteiger partial charge in [-0.2, -0.15) is 0 Å². The molecule has 0 fully saturated rings. The summed E-state index contributed by atoms with van der Waals surface area (Å²) in [6.45, 7) is 10.0. The number of carboxylic acids is 1. The van der Waals surface area contributed by atoms with Gasteiger partial charge in [-0.3, -0.25) is 14.2 Å². The molecule has 1 aromatic carbocycles. The zero-order valence-electron chi connectivity index (χ0n) is 21.8. The fourth-order valence-electron chi connectivity index (χ4n) is 4.04. The molecule has 0 spiro atoms. The van der Waals surface area contributed by atoms with E-state index in [0.29, 0.717) is 21.4 Å². The monoisotopic (exact) mass is 532 g/mol. The molecule has 11 heteroatoms. The van der Waals surface area contributed by atoms with E-state index in [2.05, 4.69) is 0 Å². The summed E-state index contributed by atoms with van der Waals surface area (Å²) in [6, 6.07) is 7.31. The van der Waals surface area contributed by atoms with E-state index in [1.165, 1.54) is 4.57 Å². The molecule has 0 saturated heterocycles. The van der Waals surface area contributed by atoms with Crippen molar-refractivity contribution in [2.75, 3.05) is 6.61 Å². The molecule has 37 heavy (non-hydrogen) atoms. The summed E-state index contributed by atoms with van der Waals surface area (Å²) in [5, 5.41) is 9.49. The molecule has 0 unspecified atom stereocenters. The van der Waals surface area contributed by atoms with Crippen LogP contribution in [0.25, 0.3) is 10.2 Å². The number of fused-ring (bicyclic) bond motifs is 1. The van der Waals surface area contributed by atoms with Crippen molar-refractivity contribution < 1.29 is 28.9 Å². The van der Waals surface area contributed by atoms with Crippen molar-refractivity contribution in [3.05, 3.63) is 61.1 Å². The second-order valence-corrected chi connectivity index (χ2v) is 10.0. The number of carbonyl (C=O) groups excluding carboxylic acids is 1. The molecule has 1 atom stereocenters. The van der Waals surface area contributed by atoms with Crippen LogP contribution in [-0.2, 0) is 27.4 Å². The van der Waals surface area contributed by atoms with Gasteiger partial charge in [0.05, 0.1) is 30.7 Å². The lowest BCUT2D eigenvalue weighted by molar-refractivity contribution is -0.137. The number of carbonyl (C=O) groups is 2. The smallest absolute Gasteiger partial charge is 0.348 e. The molecule has 2 heterocycles. The minimum Gasteiger partial charge on any atom is -0.491 e. The van der Waals surface area contributed by atoms with Gasteiger partial charge in [-0.15, -0.1) is 11.3 Å². The molecule has 10 nitrogen and oxygen atoms in total. The standard InChI is InChI=1S/C26H32N2O8S/c1-7-34-25(32)22-16(6)21-23(31)27(13-20(29)30)26(33)28(24(21)37-22)12-19(36-15(4)5)17-10-8-9-11-18(17)35-14(2)3/h8-11,14-15,19H,7,12-13H2,1-6H3,(H,29,30)/t19-/m0/s1. The third-order valence-electron chi connectivity index (χ3n) is 5.46. The van der Waals surface area contributed by atoms with E-state index in [1.54, 1.807) is 13.8 Å². The minimum absolute atomic E-state index is 0.0475. The minimum atomic E-state index is -1.34. The van der Waals surface area contributed by atoms with Crippen molar-refractivity contribution in [1.29, 1.82) is 0 Å².